The van der Waals surface area contributed by atoms with Gasteiger partial charge in [-0.15, -0.1) is 0 Å². The first-order valence-corrected chi connectivity index (χ1v) is 9.64. The Morgan fingerprint density at radius 3 is 2.58 bits per heavy atom. The number of rotatable bonds is 6. The van der Waals surface area contributed by atoms with Crippen LogP contribution in [-0.4, -0.2) is 41.6 Å². The number of nitrogens with zero attached hydrogens (tertiary/aromatic N) is 2. The van der Waals surface area contributed by atoms with Crippen molar-refractivity contribution in [3.8, 4) is 0 Å². The lowest BCUT2D eigenvalue weighted by atomic mass is 9.88. The van der Waals surface area contributed by atoms with Crippen LogP contribution in [0.3, 0.4) is 0 Å². The molecule has 1 aliphatic carbocycles. The van der Waals surface area contributed by atoms with Crippen molar-refractivity contribution in [3.05, 3.63) is 66.0 Å². The van der Waals surface area contributed by atoms with Gasteiger partial charge in [0, 0.05) is 43.6 Å². The highest BCUT2D eigenvalue weighted by Gasteiger charge is 2.34. The molecule has 2 atom stereocenters. The molecule has 0 unspecified atom stereocenters. The van der Waals surface area contributed by atoms with E-state index in [-0.39, 0.29) is 12.0 Å². The monoisotopic (exact) mass is 350 g/mol. The van der Waals surface area contributed by atoms with E-state index in [1.54, 1.807) is 24.5 Å². The molecule has 4 heteroatoms. The molecule has 26 heavy (non-hydrogen) atoms. The van der Waals surface area contributed by atoms with E-state index in [1.165, 1.54) is 18.4 Å². The van der Waals surface area contributed by atoms with Gasteiger partial charge in [-0.05, 0) is 49.3 Å². The second kappa shape index (κ2) is 8.00. The van der Waals surface area contributed by atoms with Crippen LogP contribution in [0.15, 0.2) is 54.9 Å². The number of likely N-dealkylation sites (tertiary alicyclic amines) is 1. The molecule has 2 aliphatic rings. The van der Waals surface area contributed by atoms with Gasteiger partial charge in [0.25, 0.3) is 5.91 Å². The van der Waals surface area contributed by atoms with Crippen molar-refractivity contribution in [2.75, 3.05) is 19.7 Å². The highest BCUT2D eigenvalue weighted by Crippen LogP contribution is 2.32. The Morgan fingerprint density at radius 1 is 1.08 bits per heavy atom. The van der Waals surface area contributed by atoms with E-state index in [2.05, 4.69) is 29.2 Å². The predicted molar refractivity (Wildman–Crippen MR) is 101 cm³/mol. The molecule has 2 fully saturated rings. The smallest absolute Gasteiger partial charge is 0.253 e. The SMILES string of the molecule is O=C(c1ccncc1)N1CC[C@H](OCC2CC2)[C@@H](Cc2ccccc2)C1. The van der Waals surface area contributed by atoms with Crippen LogP contribution in [0.4, 0.5) is 0 Å². The van der Waals surface area contributed by atoms with Crippen LogP contribution in [0.25, 0.3) is 0 Å². The molecule has 4 rings (SSSR count). The van der Waals surface area contributed by atoms with E-state index < -0.39 is 0 Å². The van der Waals surface area contributed by atoms with Gasteiger partial charge in [-0.1, -0.05) is 30.3 Å². The van der Waals surface area contributed by atoms with Gasteiger partial charge in [-0.2, -0.15) is 0 Å². The fourth-order valence-electron chi connectivity index (χ4n) is 3.75. The van der Waals surface area contributed by atoms with Gasteiger partial charge in [-0.3, -0.25) is 9.78 Å². The summed E-state index contributed by atoms with van der Waals surface area (Å²) in [5.74, 6) is 1.21. The predicted octanol–water partition coefficient (Wildman–Crippen LogP) is 3.58. The summed E-state index contributed by atoms with van der Waals surface area (Å²) < 4.78 is 6.28. The van der Waals surface area contributed by atoms with Gasteiger partial charge in [0.15, 0.2) is 0 Å². The number of ether oxygens (including phenoxy) is 1. The van der Waals surface area contributed by atoms with Gasteiger partial charge in [0.2, 0.25) is 0 Å². The third kappa shape index (κ3) is 4.31. The first kappa shape index (κ1) is 17.2. The molecule has 0 bridgehead atoms. The fourth-order valence-corrected chi connectivity index (χ4v) is 3.75. The minimum Gasteiger partial charge on any atom is -0.377 e. The van der Waals surface area contributed by atoms with Crippen molar-refractivity contribution >= 4 is 5.91 Å². The quantitative estimate of drug-likeness (QED) is 0.800. The first-order valence-electron chi connectivity index (χ1n) is 9.64. The highest BCUT2D eigenvalue weighted by atomic mass is 16.5. The number of carbonyl (C=O) groups excluding carboxylic acids is 1. The molecule has 1 amide bonds. The zero-order valence-corrected chi connectivity index (χ0v) is 15.1. The number of piperidine rings is 1. The van der Waals surface area contributed by atoms with Crippen molar-refractivity contribution < 1.29 is 9.53 Å². The summed E-state index contributed by atoms with van der Waals surface area (Å²) in [5, 5.41) is 0. The molecule has 136 valence electrons. The maximum absolute atomic E-state index is 12.8. The lowest BCUT2D eigenvalue weighted by Gasteiger charge is -2.38. The number of hydrogen-bond donors (Lipinski definition) is 0. The Hall–Kier alpha value is -2.20. The number of hydrogen-bond acceptors (Lipinski definition) is 3. The second-order valence-electron chi connectivity index (χ2n) is 7.54. The fraction of sp³-hybridized carbons (Fsp3) is 0.455. The van der Waals surface area contributed by atoms with Crippen molar-refractivity contribution in [2.24, 2.45) is 11.8 Å². The number of pyridine rings is 1. The van der Waals surface area contributed by atoms with Crippen LogP contribution in [0.2, 0.25) is 0 Å². The summed E-state index contributed by atoms with van der Waals surface area (Å²) in [6.07, 6.45) is 8.10. The van der Waals surface area contributed by atoms with Crippen LogP contribution in [-0.2, 0) is 11.2 Å². The summed E-state index contributed by atoms with van der Waals surface area (Å²) in [7, 11) is 0. The summed E-state index contributed by atoms with van der Waals surface area (Å²) in [6.45, 7) is 2.40. The van der Waals surface area contributed by atoms with Crippen molar-refractivity contribution in [2.45, 2.75) is 31.8 Å². The number of benzene rings is 1. The largest absolute Gasteiger partial charge is 0.377 e. The Kier molecular flexibility index (Phi) is 5.30. The van der Waals surface area contributed by atoms with Crippen molar-refractivity contribution in [3.63, 3.8) is 0 Å². The minimum absolute atomic E-state index is 0.103. The lowest BCUT2D eigenvalue weighted by molar-refractivity contribution is -0.0326. The summed E-state index contributed by atoms with van der Waals surface area (Å²) in [5.41, 5.74) is 2.03. The molecule has 2 aromatic rings. The Balaban J connectivity index is 1.45. The standard InChI is InChI=1S/C22H26N2O2/c25-22(19-8-11-23-12-9-19)24-13-10-21(26-16-18-6-7-18)20(15-24)14-17-4-2-1-3-5-17/h1-5,8-9,11-12,18,20-21H,6-7,10,13-16H2/t20-,21-/m0/s1. The number of carbonyl (C=O) groups is 1. The minimum atomic E-state index is 0.103. The molecule has 0 N–H and O–H groups in total. The zero-order chi connectivity index (χ0) is 17.8. The van der Waals surface area contributed by atoms with Gasteiger partial charge >= 0.3 is 0 Å². The lowest BCUT2D eigenvalue weighted by Crippen LogP contribution is -2.47. The normalized spacial score (nSPS) is 23.0. The van der Waals surface area contributed by atoms with E-state index >= 15 is 0 Å². The molecule has 1 aromatic carbocycles. The highest BCUT2D eigenvalue weighted by molar-refractivity contribution is 5.94. The summed E-state index contributed by atoms with van der Waals surface area (Å²) in [4.78, 5) is 18.8. The third-order valence-corrected chi connectivity index (χ3v) is 5.46. The van der Waals surface area contributed by atoms with E-state index in [0.29, 0.717) is 5.92 Å². The van der Waals surface area contributed by atoms with Crippen molar-refractivity contribution in [1.82, 2.24) is 9.88 Å². The second-order valence-corrected chi connectivity index (χ2v) is 7.54. The Bertz CT molecular complexity index is 715. The molecule has 0 radical (unpaired) electrons. The molecule has 4 nitrogen and oxygen atoms in total. The summed E-state index contributed by atoms with van der Waals surface area (Å²) >= 11 is 0. The van der Waals surface area contributed by atoms with E-state index in [0.717, 1.165) is 44.0 Å². The Morgan fingerprint density at radius 2 is 1.85 bits per heavy atom. The molecular weight excluding hydrogens is 324 g/mol. The van der Waals surface area contributed by atoms with Crippen LogP contribution >= 0.6 is 0 Å². The van der Waals surface area contributed by atoms with E-state index in [1.807, 2.05) is 11.0 Å². The topological polar surface area (TPSA) is 42.4 Å². The Labute approximate surface area is 155 Å². The maximum Gasteiger partial charge on any atom is 0.253 e. The zero-order valence-electron chi connectivity index (χ0n) is 15.1. The van der Waals surface area contributed by atoms with Gasteiger partial charge in [0.1, 0.15) is 0 Å². The number of aromatic nitrogens is 1. The van der Waals surface area contributed by atoms with E-state index in [9.17, 15) is 4.79 Å². The van der Waals surface area contributed by atoms with Gasteiger partial charge < -0.3 is 9.64 Å². The molecule has 1 saturated carbocycles. The first-order chi connectivity index (χ1) is 12.8. The molecule has 1 aromatic heterocycles. The average molecular weight is 350 g/mol. The molecular formula is C22H26N2O2. The van der Waals surface area contributed by atoms with Crippen LogP contribution in [0.5, 0.6) is 0 Å². The van der Waals surface area contributed by atoms with Crippen LogP contribution < -0.4 is 0 Å². The average Bonchev–Trinajstić information content (AvgIpc) is 3.52. The van der Waals surface area contributed by atoms with E-state index in [4.69, 9.17) is 4.74 Å². The van der Waals surface area contributed by atoms with Gasteiger partial charge in [-0.25, -0.2) is 0 Å². The van der Waals surface area contributed by atoms with Crippen LogP contribution in [0.1, 0.15) is 35.2 Å². The van der Waals surface area contributed by atoms with Gasteiger partial charge in [0.05, 0.1) is 6.10 Å². The number of amides is 1. The maximum atomic E-state index is 12.8. The third-order valence-electron chi connectivity index (χ3n) is 5.46. The molecule has 1 aliphatic heterocycles. The summed E-state index contributed by atoms with van der Waals surface area (Å²) in [6, 6.07) is 14.1. The van der Waals surface area contributed by atoms with Crippen LogP contribution in [0, 0.1) is 11.8 Å². The molecule has 2 heterocycles. The molecule has 1 saturated heterocycles. The molecule has 0 spiro atoms. The van der Waals surface area contributed by atoms with Crippen molar-refractivity contribution in [1.29, 1.82) is 0 Å².